The fourth-order valence-corrected chi connectivity index (χ4v) is 3.34. The fourth-order valence-electron chi connectivity index (χ4n) is 2.90. The molecule has 1 N–H and O–H groups in total. The van der Waals surface area contributed by atoms with Crippen molar-refractivity contribution < 1.29 is 13.5 Å². The lowest BCUT2D eigenvalue weighted by atomic mass is 10.2. The molecule has 0 saturated heterocycles. The van der Waals surface area contributed by atoms with Gasteiger partial charge in [-0.2, -0.15) is 0 Å². The Kier molecular flexibility index (Phi) is 4.14. The van der Waals surface area contributed by atoms with Crippen molar-refractivity contribution in [3.63, 3.8) is 0 Å². The minimum absolute atomic E-state index is 0.0691. The first-order valence-electron chi connectivity index (χ1n) is 7.43. The quantitative estimate of drug-likeness (QED) is 0.778. The molecule has 2 aromatic carbocycles. The molecule has 0 amide bonds. The van der Waals surface area contributed by atoms with E-state index in [4.69, 9.17) is 0 Å². The summed E-state index contributed by atoms with van der Waals surface area (Å²) in [5.74, 6) is 0. The molecule has 0 bridgehead atoms. The molecule has 0 aliphatic rings. The van der Waals surface area contributed by atoms with Gasteiger partial charge in [-0.25, -0.2) is 12.7 Å². The number of aromatic nitrogens is 1. The highest BCUT2D eigenvalue weighted by Crippen LogP contribution is 2.28. The predicted molar refractivity (Wildman–Crippen MR) is 92.9 cm³/mol. The summed E-state index contributed by atoms with van der Waals surface area (Å²) in [5.41, 5.74) is 2.07. The molecule has 3 rings (SSSR count). The number of aliphatic hydroxyl groups is 1. The van der Waals surface area contributed by atoms with Crippen LogP contribution in [0.25, 0.3) is 21.8 Å². The summed E-state index contributed by atoms with van der Waals surface area (Å²) in [6, 6.07) is 16.1. The van der Waals surface area contributed by atoms with Crippen molar-refractivity contribution in [2.75, 3.05) is 19.8 Å². The van der Waals surface area contributed by atoms with Gasteiger partial charge >= 0.3 is 0 Å². The first-order chi connectivity index (χ1) is 10.9. The van der Waals surface area contributed by atoms with E-state index in [1.807, 2.05) is 41.0 Å². The summed E-state index contributed by atoms with van der Waals surface area (Å²) in [4.78, 5) is 0. The Morgan fingerprint density at radius 3 is 2.00 bits per heavy atom. The van der Waals surface area contributed by atoms with E-state index in [-0.39, 0.29) is 6.54 Å². The average Bonchev–Trinajstić information content (AvgIpc) is 2.81. The van der Waals surface area contributed by atoms with Gasteiger partial charge in [0.15, 0.2) is 0 Å². The topological polar surface area (TPSA) is 62.5 Å². The Bertz CT molecular complexity index is 894. The SMILES string of the molecule is CN(C[C@H](O)Cn1c2ccccc2c2ccccc21)S(C)(=O)=O. The Balaban J connectivity index is 1.99. The van der Waals surface area contributed by atoms with Crippen LogP contribution < -0.4 is 0 Å². The highest BCUT2D eigenvalue weighted by molar-refractivity contribution is 7.88. The van der Waals surface area contributed by atoms with Crippen molar-refractivity contribution in [3.05, 3.63) is 48.5 Å². The van der Waals surface area contributed by atoms with Gasteiger partial charge in [0.25, 0.3) is 0 Å². The second-order valence-corrected chi connectivity index (χ2v) is 7.93. The molecule has 0 radical (unpaired) electrons. The largest absolute Gasteiger partial charge is 0.390 e. The third-order valence-corrected chi connectivity index (χ3v) is 5.39. The van der Waals surface area contributed by atoms with Gasteiger partial charge in [0.2, 0.25) is 10.0 Å². The number of fused-ring (bicyclic) bond motifs is 3. The van der Waals surface area contributed by atoms with E-state index in [2.05, 4.69) is 12.1 Å². The molecule has 23 heavy (non-hydrogen) atoms. The summed E-state index contributed by atoms with van der Waals surface area (Å²) in [5, 5.41) is 12.6. The van der Waals surface area contributed by atoms with E-state index < -0.39 is 16.1 Å². The van der Waals surface area contributed by atoms with Crippen LogP contribution >= 0.6 is 0 Å². The van der Waals surface area contributed by atoms with Gasteiger partial charge in [0, 0.05) is 35.4 Å². The molecule has 0 spiro atoms. The van der Waals surface area contributed by atoms with Crippen LogP contribution in [0.1, 0.15) is 0 Å². The first-order valence-corrected chi connectivity index (χ1v) is 9.28. The average molecular weight is 332 g/mol. The Hall–Kier alpha value is -1.89. The van der Waals surface area contributed by atoms with E-state index in [1.54, 1.807) is 0 Å². The van der Waals surface area contributed by atoms with Crippen LogP contribution in [0.3, 0.4) is 0 Å². The molecule has 1 aromatic heterocycles. The third-order valence-electron chi connectivity index (χ3n) is 4.11. The highest BCUT2D eigenvalue weighted by Gasteiger charge is 2.18. The number of nitrogens with zero attached hydrogens (tertiary/aromatic N) is 2. The summed E-state index contributed by atoms with van der Waals surface area (Å²) in [6.07, 6.45) is 0.356. The summed E-state index contributed by atoms with van der Waals surface area (Å²) >= 11 is 0. The molecule has 0 unspecified atom stereocenters. The molecule has 5 nitrogen and oxygen atoms in total. The molecule has 3 aromatic rings. The number of hydrogen-bond acceptors (Lipinski definition) is 3. The van der Waals surface area contributed by atoms with Crippen molar-refractivity contribution in [3.8, 4) is 0 Å². The van der Waals surface area contributed by atoms with Crippen molar-refractivity contribution in [2.45, 2.75) is 12.6 Å². The van der Waals surface area contributed by atoms with Crippen LogP contribution in [-0.4, -0.2) is 48.3 Å². The monoisotopic (exact) mass is 332 g/mol. The third kappa shape index (κ3) is 3.10. The maximum Gasteiger partial charge on any atom is 0.211 e. The Morgan fingerprint density at radius 2 is 1.52 bits per heavy atom. The van der Waals surface area contributed by atoms with Crippen LogP contribution in [0.2, 0.25) is 0 Å². The second kappa shape index (κ2) is 5.96. The normalized spacial score (nSPS) is 13.9. The molecule has 0 fully saturated rings. The molecule has 6 heteroatoms. The van der Waals surface area contributed by atoms with E-state index >= 15 is 0 Å². The minimum Gasteiger partial charge on any atom is -0.390 e. The van der Waals surface area contributed by atoms with E-state index in [9.17, 15) is 13.5 Å². The van der Waals surface area contributed by atoms with Crippen molar-refractivity contribution in [2.24, 2.45) is 0 Å². The molecular weight excluding hydrogens is 312 g/mol. The van der Waals surface area contributed by atoms with E-state index in [1.165, 1.54) is 11.4 Å². The molecule has 1 heterocycles. The standard InChI is InChI=1S/C17H20N2O3S/c1-18(23(2,21)22)11-13(20)12-19-16-9-5-3-7-14(16)15-8-4-6-10-17(15)19/h3-10,13,20H,11-12H2,1-2H3/t13-/m0/s1. The Labute approximate surface area is 135 Å². The van der Waals surface area contributed by atoms with Crippen LogP contribution in [0.4, 0.5) is 0 Å². The summed E-state index contributed by atoms with van der Waals surface area (Å²) in [6.45, 7) is 0.410. The maximum absolute atomic E-state index is 11.5. The van der Waals surface area contributed by atoms with Gasteiger partial charge in [-0.1, -0.05) is 36.4 Å². The molecule has 0 aliphatic heterocycles. The molecule has 122 valence electrons. The molecule has 0 aliphatic carbocycles. The number of aliphatic hydroxyl groups excluding tert-OH is 1. The van der Waals surface area contributed by atoms with Crippen molar-refractivity contribution >= 4 is 31.8 Å². The van der Waals surface area contributed by atoms with Crippen molar-refractivity contribution in [1.29, 1.82) is 0 Å². The van der Waals surface area contributed by atoms with Gasteiger partial charge < -0.3 is 9.67 Å². The van der Waals surface area contributed by atoms with Gasteiger partial charge in [-0.3, -0.25) is 0 Å². The summed E-state index contributed by atoms with van der Waals surface area (Å²) in [7, 11) is -1.82. The zero-order valence-corrected chi connectivity index (χ0v) is 14.0. The summed E-state index contributed by atoms with van der Waals surface area (Å²) < 4.78 is 26.2. The molecule has 1 atom stereocenters. The minimum atomic E-state index is -3.30. The van der Waals surface area contributed by atoms with Gasteiger partial charge in [-0.15, -0.1) is 0 Å². The first kappa shape index (κ1) is 16.0. The van der Waals surface area contributed by atoms with Crippen LogP contribution in [0.15, 0.2) is 48.5 Å². The number of hydrogen-bond donors (Lipinski definition) is 1. The smallest absolute Gasteiger partial charge is 0.211 e. The van der Waals surface area contributed by atoms with E-state index in [0.717, 1.165) is 28.1 Å². The number of rotatable bonds is 5. The van der Waals surface area contributed by atoms with Crippen LogP contribution in [-0.2, 0) is 16.6 Å². The molecule has 0 saturated carbocycles. The highest BCUT2D eigenvalue weighted by atomic mass is 32.2. The zero-order chi connectivity index (χ0) is 16.6. The van der Waals surface area contributed by atoms with Gasteiger partial charge in [0.05, 0.1) is 18.9 Å². The van der Waals surface area contributed by atoms with E-state index in [0.29, 0.717) is 6.54 Å². The zero-order valence-electron chi connectivity index (χ0n) is 13.2. The number of benzene rings is 2. The number of sulfonamides is 1. The number of para-hydroxylation sites is 2. The maximum atomic E-state index is 11.5. The lowest BCUT2D eigenvalue weighted by Gasteiger charge is -2.19. The molecular formula is C17H20N2O3S. The van der Waals surface area contributed by atoms with Gasteiger partial charge in [0.1, 0.15) is 0 Å². The fraction of sp³-hybridized carbons (Fsp3) is 0.294. The predicted octanol–water partition coefficient (Wildman–Crippen LogP) is 2.05. The lowest BCUT2D eigenvalue weighted by Crippen LogP contribution is -2.35. The Morgan fingerprint density at radius 1 is 1.04 bits per heavy atom. The van der Waals surface area contributed by atoms with Crippen molar-refractivity contribution in [1.82, 2.24) is 8.87 Å². The number of likely N-dealkylation sites (N-methyl/N-ethyl adjacent to an activating group) is 1. The van der Waals surface area contributed by atoms with Crippen LogP contribution in [0.5, 0.6) is 0 Å². The van der Waals surface area contributed by atoms with Gasteiger partial charge in [-0.05, 0) is 12.1 Å². The lowest BCUT2D eigenvalue weighted by molar-refractivity contribution is 0.137. The second-order valence-electron chi connectivity index (χ2n) is 5.84. The van der Waals surface area contributed by atoms with Crippen LogP contribution in [0, 0.1) is 0 Å².